The maximum absolute atomic E-state index is 13.0. The summed E-state index contributed by atoms with van der Waals surface area (Å²) in [6.45, 7) is 1.90. The van der Waals surface area contributed by atoms with Gasteiger partial charge in [-0.3, -0.25) is 9.59 Å². The van der Waals surface area contributed by atoms with Gasteiger partial charge in [-0.05, 0) is 30.5 Å². The number of nitrogens with one attached hydrogen (secondary N) is 3. The van der Waals surface area contributed by atoms with E-state index in [1.165, 1.54) is 0 Å². The fourth-order valence-corrected chi connectivity index (χ4v) is 4.36. The van der Waals surface area contributed by atoms with Crippen LogP contribution in [0.15, 0.2) is 54.7 Å². The summed E-state index contributed by atoms with van der Waals surface area (Å²) in [5.74, 6) is 2.51. The molecule has 0 bridgehead atoms. The largest absolute Gasteiger partial charge is 0.497 e. The van der Waals surface area contributed by atoms with Crippen molar-refractivity contribution in [3.63, 3.8) is 0 Å². The summed E-state index contributed by atoms with van der Waals surface area (Å²) in [7, 11) is 1.63. The van der Waals surface area contributed by atoms with Crippen LogP contribution in [0.3, 0.4) is 0 Å². The number of fused-ring (bicyclic) bond motifs is 1. The summed E-state index contributed by atoms with van der Waals surface area (Å²) in [5.41, 5.74) is 3.70. The predicted octanol–water partition coefficient (Wildman–Crippen LogP) is 5.68. The molecular weight excluding hydrogens is 466 g/mol. The van der Waals surface area contributed by atoms with Gasteiger partial charge in [-0.25, -0.2) is 9.97 Å². The van der Waals surface area contributed by atoms with Crippen molar-refractivity contribution in [2.24, 2.45) is 0 Å². The van der Waals surface area contributed by atoms with E-state index in [-0.39, 0.29) is 11.9 Å². The topological polar surface area (TPSA) is 113 Å². The summed E-state index contributed by atoms with van der Waals surface area (Å²) in [6, 6.07) is 15.4. The molecule has 4 rings (SSSR count). The number of aryl methyl sites for hydroxylation is 1. The molecule has 0 unspecified atom stereocenters. The highest BCUT2D eigenvalue weighted by molar-refractivity contribution is 5.78. The number of nitrogens with zero attached hydrogens (tertiary/aromatic N) is 2. The lowest BCUT2D eigenvalue weighted by molar-refractivity contribution is -0.122. The number of benzene rings is 2. The summed E-state index contributed by atoms with van der Waals surface area (Å²) >= 11 is 0. The molecule has 2 aromatic heterocycles. The van der Waals surface area contributed by atoms with E-state index in [1.807, 2.05) is 61.7 Å². The molecule has 3 N–H and O–H groups in total. The van der Waals surface area contributed by atoms with Gasteiger partial charge in [0.1, 0.15) is 23.2 Å². The molecule has 0 saturated heterocycles. The monoisotopic (exact) mass is 501 g/mol. The fraction of sp³-hybridized carbons (Fsp3) is 0.379. The highest BCUT2D eigenvalue weighted by atomic mass is 16.5. The zero-order valence-corrected chi connectivity index (χ0v) is 21.5. The predicted molar refractivity (Wildman–Crippen MR) is 144 cm³/mol. The van der Waals surface area contributed by atoms with Crippen molar-refractivity contribution >= 4 is 22.7 Å². The molecular formula is C29H35N5O3. The van der Waals surface area contributed by atoms with Gasteiger partial charge in [0.05, 0.1) is 36.1 Å². The average Bonchev–Trinajstić information content (AvgIpc) is 3.58. The highest BCUT2D eigenvalue weighted by Gasteiger charge is 2.19. The van der Waals surface area contributed by atoms with Crippen LogP contribution in [0, 0.1) is 0 Å². The zero-order chi connectivity index (χ0) is 26.0. The van der Waals surface area contributed by atoms with E-state index in [4.69, 9.17) is 4.74 Å². The second kappa shape index (κ2) is 12.9. The number of carbonyl (C=O) groups excluding carboxylic acids is 2. The Hall–Kier alpha value is -3.94. The van der Waals surface area contributed by atoms with Crippen molar-refractivity contribution in [2.45, 2.75) is 64.3 Å². The normalized spacial score (nSPS) is 11.9. The number of ketones is 1. The van der Waals surface area contributed by atoms with E-state index >= 15 is 0 Å². The van der Waals surface area contributed by atoms with Crippen LogP contribution in [-0.4, -0.2) is 38.7 Å². The molecule has 0 fully saturated rings. The molecule has 0 aliphatic carbocycles. The maximum atomic E-state index is 13.0. The number of unbranched alkanes of at least 4 members (excludes halogenated alkanes) is 2. The Kier molecular flexibility index (Phi) is 9.08. The number of imidazole rings is 2. The Balaban J connectivity index is 1.38. The molecule has 8 nitrogen and oxygen atoms in total. The van der Waals surface area contributed by atoms with Gasteiger partial charge in [0.15, 0.2) is 0 Å². The van der Waals surface area contributed by atoms with E-state index in [9.17, 15) is 9.59 Å². The second-order valence-corrected chi connectivity index (χ2v) is 9.23. The van der Waals surface area contributed by atoms with E-state index in [1.54, 1.807) is 7.11 Å². The van der Waals surface area contributed by atoms with Crippen LogP contribution in [-0.2, 0) is 16.0 Å². The van der Waals surface area contributed by atoms with Crippen molar-refractivity contribution in [1.29, 1.82) is 0 Å². The third kappa shape index (κ3) is 7.29. The van der Waals surface area contributed by atoms with Crippen LogP contribution in [0.25, 0.3) is 22.3 Å². The van der Waals surface area contributed by atoms with Gasteiger partial charge in [0.25, 0.3) is 0 Å². The lowest BCUT2D eigenvalue weighted by atomic mass is 10.0. The van der Waals surface area contributed by atoms with Gasteiger partial charge >= 0.3 is 0 Å². The number of H-pyrrole nitrogens is 2. The Morgan fingerprint density at radius 3 is 2.65 bits per heavy atom. The number of methoxy groups -OCH3 is 1. The molecule has 0 aliphatic heterocycles. The van der Waals surface area contributed by atoms with Crippen molar-refractivity contribution < 1.29 is 14.3 Å². The number of ether oxygens (including phenoxy) is 1. The number of carbonyl (C=O) groups is 2. The average molecular weight is 502 g/mol. The second-order valence-electron chi connectivity index (χ2n) is 9.23. The van der Waals surface area contributed by atoms with Crippen molar-refractivity contribution in [2.75, 3.05) is 7.11 Å². The molecule has 194 valence electrons. The summed E-state index contributed by atoms with van der Waals surface area (Å²) in [4.78, 5) is 40.4. The van der Waals surface area contributed by atoms with Gasteiger partial charge in [-0.15, -0.1) is 0 Å². The Bertz CT molecular complexity index is 1310. The smallest absolute Gasteiger partial charge is 0.221 e. The van der Waals surface area contributed by atoms with Crippen LogP contribution >= 0.6 is 0 Å². The first kappa shape index (κ1) is 26.1. The highest BCUT2D eigenvalue weighted by Crippen LogP contribution is 2.23. The number of amides is 1. The standard InChI is InChI=1S/C29H35N5O3/c1-3-21(35)12-8-5-9-13-24(29-30-19-26(34-29)20-10-6-4-7-11-20)33-28(36)17-16-27-31-23-15-14-22(37-2)18-25(23)32-27/h4,6-7,10-11,14-15,18-19,24H,3,5,8-9,12-13,16-17H2,1-2H3,(H,30,34)(H,31,32)(H,33,36)/t24-/m0/s1. The van der Waals surface area contributed by atoms with Crippen LogP contribution in [0.4, 0.5) is 0 Å². The first-order valence-electron chi connectivity index (χ1n) is 13.0. The SMILES string of the molecule is CCC(=O)CCCCC[C@H](NC(=O)CCc1nc2ccc(OC)cc2[nH]1)c1ncc(-c2ccccc2)[nH]1. The first-order valence-corrected chi connectivity index (χ1v) is 13.0. The minimum atomic E-state index is -0.230. The number of rotatable bonds is 14. The molecule has 2 aromatic carbocycles. The lowest BCUT2D eigenvalue weighted by Crippen LogP contribution is -2.29. The molecule has 4 aromatic rings. The zero-order valence-electron chi connectivity index (χ0n) is 21.5. The third-order valence-electron chi connectivity index (χ3n) is 6.52. The van der Waals surface area contributed by atoms with Crippen LogP contribution < -0.4 is 10.1 Å². The number of hydrogen-bond donors (Lipinski definition) is 3. The Labute approximate surface area is 217 Å². The van der Waals surface area contributed by atoms with E-state index in [0.29, 0.717) is 31.5 Å². The van der Waals surface area contributed by atoms with Crippen molar-refractivity contribution in [3.8, 4) is 17.0 Å². The summed E-state index contributed by atoms with van der Waals surface area (Å²) in [5, 5.41) is 3.17. The van der Waals surface area contributed by atoms with Gasteiger partial charge in [-0.1, -0.05) is 50.1 Å². The molecule has 0 radical (unpaired) electrons. The molecule has 37 heavy (non-hydrogen) atoms. The van der Waals surface area contributed by atoms with Gasteiger partial charge < -0.3 is 20.0 Å². The van der Waals surface area contributed by atoms with Crippen LogP contribution in [0.1, 0.15) is 69.6 Å². The molecule has 2 heterocycles. The van der Waals surface area contributed by atoms with Crippen molar-refractivity contribution in [1.82, 2.24) is 25.3 Å². The number of hydrogen-bond acceptors (Lipinski definition) is 5. The molecule has 1 amide bonds. The lowest BCUT2D eigenvalue weighted by Gasteiger charge is -2.17. The minimum absolute atomic E-state index is 0.0538. The number of aromatic amines is 2. The van der Waals surface area contributed by atoms with Gasteiger partial charge in [0.2, 0.25) is 5.91 Å². The number of aromatic nitrogens is 4. The molecule has 0 saturated carbocycles. The minimum Gasteiger partial charge on any atom is -0.497 e. The maximum Gasteiger partial charge on any atom is 0.221 e. The fourth-order valence-electron chi connectivity index (χ4n) is 4.36. The molecule has 8 heteroatoms. The molecule has 0 aliphatic rings. The van der Waals surface area contributed by atoms with E-state index < -0.39 is 0 Å². The van der Waals surface area contributed by atoms with E-state index in [0.717, 1.165) is 65.4 Å². The number of Topliss-reactive ketones (excluding diaryl/α,β-unsaturated/α-hetero) is 1. The Morgan fingerprint density at radius 1 is 1.03 bits per heavy atom. The van der Waals surface area contributed by atoms with Crippen LogP contribution in [0.5, 0.6) is 5.75 Å². The molecule has 0 spiro atoms. The van der Waals surface area contributed by atoms with Gasteiger partial charge in [0, 0.05) is 31.7 Å². The van der Waals surface area contributed by atoms with Crippen LogP contribution in [0.2, 0.25) is 0 Å². The van der Waals surface area contributed by atoms with Gasteiger partial charge in [-0.2, -0.15) is 0 Å². The third-order valence-corrected chi connectivity index (χ3v) is 6.52. The van der Waals surface area contributed by atoms with Crippen molar-refractivity contribution in [3.05, 3.63) is 66.4 Å². The van der Waals surface area contributed by atoms with E-state index in [2.05, 4.69) is 25.3 Å². The Morgan fingerprint density at radius 2 is 1.86 bits per heavy atom. The first-order chi connectivity index (χ1) is 18.1. The summed E-state index contributed by atoms with van der Waals surface area (Å²) < 4.78 is 5.27. The molecule has 1 atom stereocenters. The quantitative estimate of drug-likeness (QED) is 0.192. The summed E-state index contributed by atoms with van der Waals surface area (Å²) in [6.07, 6.45) is 7.29.